The molecule has 1 aromatic rings. The maximum atomic E-state index is 11.4. The number of nitrogen functional groups attached to an aromatic ring is 1. The van der Waals surface area contributed by atoms with Crippen molar-refractivity contribution >= 4 is 21.4 Å². The van der Waals surface area contributed by atoms with Gasteiger partial charge in [0.1, 0.15) is 10.6 Å². The molecule has 0 spiro atoms. The first-order valence-corrected chi connectivity index (χ1v) is 6.14. The number of amides is 1. The molecule has 0 bridgehead atoms. The lowest BCUT2D eigenvalue weighted by atomic mass is 10.1. The average Bonchev–Trinajstić information content (AvgIpc) is 2.14. The van der Waals surface area contributed by atoms with Crippen LogP contribution >= 0.6 is 0 Å². The van der Waals surface area contributed by atoms with Crippen LogP contribution < -0.4 is 16.2 Å². The summed E-state index contributed by atoms with van der Waals surface area (Å²) in [5.74, 6) is -0.699. The summed E-state index contributed by atoms with van der Waals surface area (Å²) in [5.41, 5.74) is 10.6. The highest BCUT2D eigenvalue weighted by Crippen LogP contribution is 2.28. The molecule has 0 aliphatic heterocycles. The first kappa shape index (κ1) is 12.3. The van der Waals surface area contributed by atoms with E-state index in [1.165, 1.54) is 13.2 Å². The molecule has 0 aliphatic carbocycles. The predicted octanol–water partition coefficient (Wildman–Crippen LogP) is -0.220. The number of carbonyl (C=O) groups is 1. The lowest BCUT2D eigenvalue weighted by Crippen LogP contribution is -2.15. The van der Waals surface area contributed by atoms with Crippen LogP contribution in [0.5, 0.6) is 5.75 Å². The molecule has 1 amide bonds. The van der Waals surface area contributed by atoms with Crippen LogP contribution in [-0.4, -0.2) is 27.7 Å². The van der Waals surface area contributed by atoms with Crippen LogP contribution in [0.1, 0.15) is 10.4 Å². The predicted molar refractivity (Wildman–Crippen MR) is 59.0 cm³/mol. The quantitative estimate of drug-likeness (QED) is 0.714. The molecule has 0 radical (unpaired) electrons. The fourth-order valence-corrected chi connectivity index (χ4v) is 2.08. The molecule has 0 aliphatic rings. The Balaban J connectivity index is 3.60. The summed E-state index contributed by atoms with van der Waals surface area (Å²) < 4.78 is 27.7. The van der Waals surface area contributed by atoms with Crippen molar-refractivity contribution in [2.45, 2.75) is 4.90 Å². The third-order valence-electron chi connectivity index (χ3n) is 2.00. The minimum atomic E-state index is -3.51. The molecule has 0 unspecified atom stereocenters. The molecule has 1 aromatic carbocycles. The van der Waals surface area contributed by atoms with Crippen LogP contribution in [0, 0.1) is 0 Å². The van der Waals surface area contributed by atoms with E-state index in [0.29, 0.717) is 0 Å². The second kappa shape index (κ2) is 4.01. The molecule has 4 N–H and O–H groups in total. The molecule has 0 saturated carbocycles. The van der Waals surface area contributed by atoms with E-state index in [-0.39, 0.29) is 21.9 Å². The summed E-state index contributed by atoms with van der Waals surface area (Å²) in [4.78, 5) is 10.9. The Morgan fingerprint density at radius 3 is 2.31 bits per heavy atom. The number of primary amides is 1. The van der Waals surface area contributed by atoms with Gasteiger partial charge in [0.25, 0.3) is 5.91 Å². The van der Waals surface area contributed by atoms with Gasteiger partial charge >= 0.3 is 0 Å². The van der Waals surface area contributed by atoms with Crippen LogP contribution in [-0.2, 0) is 9.84 Å². The van der Waals surface area contributed by atoms with Gasteiger partial charge in [0, 0.05) is 18.0 Å². The van der Waals surface area contributed by atoms with Crippen molar-refractivity contribution in [2.75, 3.05) is 19.1 Å². The Morgan fingerprint density at radius 1 is 1.38 bits per heavy atom. The normalized spacial score (nSPS) is 11.1. The molecule has 0 fully saturated rings. The van der Waals surface area contributed by atoms with Crippen molar-refractivity contribution in [3.63, 3.8) is 0 Å². The van der Waals surface area contributed by atoms with Crippen LogP contribution in [0.3, 0.4) is 0 Å². The van der Waals surface area contributed by atoms with E-state index >= 15 is 0 Å². The maximum Gasteiger partial charge on any atom is 0.250 e. The molecular formula is C9H12N2O4S. The highest BCUT2D eigenvalue weighted by molar-refractivity contribution is 7.90. The largest absolute Gasteiger partial charge is 0.495 e. The third-order valence-corrected chi connectivity index (χ3v) is 3.12. The average molecular weight is 244 g/mol. The molecule has 0 aromatic heterocycles. The van der Waals surface area contributed by atoms with Crippen molar-refractivity contribution in [1.29, 1.82) is 0 Å². The highest BCUT2D eigenvalue weighted by atomic mass is 32.2. The Kier molecular flexibility index (Phi) is 3.09. The summed E-state index contributed by atoms with van der Waals surface area (Å²) in [7, 11) is -2.19. The smallest absolute Gasteiger partial charge is 0.250 e. The molecule has 88 valence electrons. The van der Waals surface area contributed by atoms with Gasteiger partial charge in [-0.15, -0.1) is 0 Å². The standard InChI is InChI=1S/C9H12N2O4S/c1-15-7-4-6(10)5(9(11)12)3-8(7)16(2,13)14/h3-4H,10H2,1-2H3,(H2,11,12). The van der Waals surface area contributed by atoms with E-state index in [4.69, 9.17) is 16.2 Å². The lowest BCUT2D eigenvalue weighted by molar-refractivity contribution is 0.100. The molecular weight excluding hydrogens is 232 g/mol. The number of sulfone groups is 1. The van der Waals surface area contributed by atoms with Crippen molar-refractivity contribution in [1.82, 2.24) is 0 Å². The fraction of sp³-hybridized carbons (Fsp3) is 0.222. The van der Waals surface area contributed by atoms with E-state index in [9.17, 15) is 13.2 Å². The monoisotopic (exact) mass is 244 g/mol. The van der Waals surface area contributed by atoms with Gasteiger partial charge in [0.2, 0.25) is 0 Å². The van der Waals surface area contributed by atoms with Gasteiger partial charge in [0.05, 0.1) is 12.7 Å². The van der Waals surface area contributed by atoms with Gasteiger partial charge in [0.15, 0.2) is 9.84 Å². The zero-order chi connectivity index (χ0) is 12.5. The van der Waals surface area contributed by atoms with Crippen molar-refractivity contribution < 1.29 is 17.9 Å². The number of nitrogens with two attached hydrogens (primary N) is 2. The Labute approximate surface area is 93.1 Å². The number of ether oxygens (including phenoxy) is 1. The molecule has 0 atom stereocenters. The summed E-state index contributed by atoms with van der Waals surface area (Å²) in [6.07, 6.45) is 1.01. The molecule has 1 rings (SSSR count). The summed E-state index contributed by atoms with van der Waals surface area (Å²) in [6.45, 7) is 0. The first-order chi connectivity index (χ1) is 7.27. The summed E-state index contributed by atoms with van der Waals surface area (Å²) in [6, 6.07) is 2.38. The Morgan fingerprint density at radius 2 is 1.94 bits per heavy atom. The number of methoxy groups -OCH3 is 1. The second-order valence-corrected chi connectivity index (χ2v) is 5.21. The number of hydrogen-bond donors (Lipinski definition) is 2. The van der Waals surface area contributed by atoms with Crippen LogP contribution in [0.15, 0.2) is 17.0 Å². The number of benzene rings is 1. The van der Waals surface area contributed by atoms with Crippen LogP contribution in [0.25, 0.3) is 0 Å². The highest BCUT2D eigenvalue weighted by Gasteiger charge is 2.19. The van der Waals surface area contributed by atoms with Gasteiger partial charge in [-0.3, -0.25) is 4.79 Å². The number of rotatable bonds is 3. The van der Waals surface area contributed by atoms with E-state index in [0.717, 1.165) is 12.3 Å². The van der Waals surface area contributed by atoms with Gasteiger partial charge < -0.3 is 16.2 Å². The zero-order valence-corrected chi connectivity index (χ0v) is 9.67. The van der Waals surface area contributed by atoms with Gasteiger partial charge in [-0.2, -0.15) is 0 Å². The second-order valence-electron chi connectivity index (χ2n) is 3.23. The molecule has 7 heteroatoms. The van der Waals surface area contributed by atoms with Gasteiger partial charge in [-0.1, -0.05) is 0 Å². The number of anilines is 1. The fourth-order valence-electron chi connectivity index (χ4n) is 1.24. The molecule has 0 saturated heterocycles. The topological polar surface area (TPSA) is 112 Å². The van der Waals surface area contributed by atoms with E-state index < -0.39 is 15.7 Å². The zero-order valence-electron chi connectivity index (χ0n) is 8.85. The number of carbonyl (C=O) groups excluding carboxylic acids is 1. The first-order valence-electron chi connectivity index (χ1n) is 4.24. The van der Waals surface area contributed by atoms with Gasteiger partial charge in [-0.05, 0) is 6.07 Å². The van der Waals surface area contributed by atoms with E-state index in [1.807, 2.05) is 0 Å². The summed E-state index contributed by atoms with van der Waals surface area (Å²) in [5, 5.41) is 0. The molecule has 16 heavy (non-hydrogen) atoms. The van der Waals surface area contributed by atoms with Crippen molar-refractivity contribution in [3.8, 4) is 5.75 Å². The van der Waals surface area contributed by atoms with Crippen molar-refractivity contribution in [3.05, 3.63) is 17.7 Å². The van der Waals surface area contributed by atoms with E-state index in [2.05, 4.69) is 0 Å². The SMILES string of the molecule is COc1cc(N)c(C(N)=O)cc1S(C)(=O)=O. The Bertz CT molecular complexity index is 537. The van der Waals surface area contributed by atoms with Crippen molar-refractivity contribution in [2.24, 2.45) is 5.73 Å². The van der Waals surface area contributed by atoms with Crippen LogP contribution in [0.4, 0.5) is 5.69 Å². The minimum absolute atomic E-state index is 0.0405. The van der Waals surface area contributed by atoms with Crippen LogP contribution in [0.2, 0.25) is 0 Å². The maximum absolute atomic E-state index is 11.4. The van der Waals surface area contributed by atoms with E-state index in [1.54, 1.807) is 0 Å². The Hall–Kier alpha value is -1.76. The molecule has 0 heterocycles. The number of hydrogen-bond acceptors (Lipinski definition) is 5. The summed E-state index contributed by atoms with van der Waals surface area (Å²) >= 11 is 0. The lowest BCUT2D eigenvalue weighted by Gasteiger charge is -2.10. The minimum Gasteiger partial charge on any atom is -0.495 e. The molecule has 6 nitrogen and oxygen atoms in total. The third kappa shape index (κ3) is 2.25. The van der Waals surface area contributed by atoms with Gasteiger partial charge in [-0.25, -0.2) is 8.42 Å².